The molecule has 1 N–H and O–H groups in total. The van der Waals surface area contributed by atoms with E-state index in [1.807, 2.05) is 0 Å². The Bertz CT molecular complexity index is 462. The van der Waals surface area contributed by atoms with Crippen molar-refractivity contribution in [2.24, 2.45) is 5.92 Å². The van der Waals surface area contributed by atoms with E-state index in [1.54, 1.807) is 25.3 Å². The topological polar surface area (TPSA) is 39.7 Å². The van der Waals surface area contributed by atoms with Crippen molar-refractivity contribution in [3.8, 4) is 5.75 Å². The summed E-state index contributed by atoms with van der Waals surface area (Å²) in [6, 6.07) is 6.57. The van der Waals surface area contributed by atoms with Gasteiger partial charge in [-0.2, -0.15) is 13.2 Å². The molecule has 0 spiro atoms. The number of rotatable bonds is 7. The molecule has 124 valence electrons. The van der Waals surface area contributed by atoms with E-state index in [9.17, 15) is 13.2 Å². The van der Waals surface area contributed by atoms with Gasteiger partial charge in [-0.1, -0.05) is 12.1 Å². The molecule has 0 saturated carbocycles. The fourth-order valence-corrected chi connectivity index (χ4v) is 2.40. The Morgan fingerprint density at radius 2 is 2.14 bits per heavy atom. The van der Waals surface area contributed by atoms with Crippen LogP contribution in [0.2, 0.25) is 0 Å². The molecular weight excluding hydrogens is 299 g/mol. The third kappa shape index (κ3) is 5.06. The maximum Gasteiger partial charge on any atom is 0.422 e. The highest BCUT2D eigenvalue weighted by Crippen LogP contribution is 2.27. The van der Waals surface area contributed by atoms with Crippen LogP contribution in [-0.4, -0.2) is 45.8 Å². The first-order valence-corrected chi connectivity index (χ1v) is 7.12. The maximum absolute atomic E-state index is 12.3. The minimum Gasteiger partial charge on any atom is -0.482 e. The Labute approximate surface area is 127 Å². The number of anilines is 1. The van der Waals surface area contributed by atoms with Gasteiger partial charge >= 0.3 is 6.18 Å². The molecule has 0 radical (unpaired) electrons. The van der Waals surface area contributed by atoms with Gasteiger partial charge in [0.1, 0.15) is 5.75 Å². The summed E-state index contributed by atoms with van der Waals surface area (Å²) in [7, 11) is 1.62. The van der Waals surface area contributed by atoms with Crippen LogP contribution in [0.5, 0.6) is 5.75 Å². The molecule has 0 bridgehead atoms. The normalized spacial score (nSPS) is 19.9. The predicted octanol–water partition coefficient (Wildman–Crippen LogP) is 3.09. The van der Waals surface area contributed by atoms with Crippen molar-refractivity contribution in [1.82, 2.24) is 0 Å². The van der Waals surface area contributed by atoms with Gasteiger partial charge in [-0.3, -0.25) is 0 Å². The van der Waals surface area contributed by atoms with E-state index in [0.717, 1.165) is 13.0 Å². The predicted molar refractivity (Wildman–Crippen MR) is 76.2 cm³/mol. The van der Waals surface area contributed by atoms with Crippen LogP contribution >= 0.6 is 0 Å². The molecule has 2 atom stereocenters. The number of halogens is 3. The molecule has 1 fully saturated rings. The number of nitrogens with one attached hydrogen (secondary N) is 1. The summed E-state index contributed by atoms with van der Waals surface area (Å²) >= 11 is 0. The third-order valence-electron chi connectivity index (χ3n) is 3.57. The molecule has 1 aromatic carbocycles. The fraction of sp³-hybridized carbons (Fsp3) is 0.600. The minimum atomic E-state index is -4.36. The van der Waals surface area contributed by atoms with Gasteiger partial charge in [0.2, 0.25) is 0 Å². The highest BCUT2D eigenvalue weighted by atomic mass is 19.4. The van der Waals surface area contributed by atoms with Crippen LogP contribution in [0.4, 0.5) is 18.9 Å². The fourth-order valence-electron chi connectivity index (χ4n) is 2.40. The van der Waals surface area contributed by atoms with E-state index >= 15 is 0 Å². The Balaban J connectivity index is 1.93. The number of ether oxygens (including phenoxy) is 3. The molecule has 4 nitrogen and oxygen atoms in total. The largest absolute Gasteiger partial charge is 0.482 e. The van der Waals surface area contributed by atoms with E-state index in [4.69, 9.17) is 14.2 Å². The molecule has 1 heterocycles. The highest BCUT2D eigenvalue weighted by molar-refractivity contribution is 5.56. The maximum atomic E-state index is 12.3. The molecule has 1 saturated heterocycles. The van der Waals surface area contributed by atoms with Crippen molar-refractivity contribution in [3.05, 3.63) is 24.3 Å². The monoisotopic (exact) mass is 319 g/mol. The van der Waals surface area contributed by atoms with Crippen molar-refractivity contribution >= 4 is 5.69 Å². The van der Waals surface area contributed by atoms with Crippen molar-refractivity contribution in [2.45, 2.75) is 18.7 Å². The Morgan fingerprint density at radius 1 is 1.36 bits per heavy atom. The van der Waals surface area contributed by atoms with Crippen molar-refractivity contribution in [1.29, 1.82) is 0 Å². The first kappa shape index (κ1) is 16.9. The molecule has 2 rings (SSSR count). The molecule has 0 aromatic heterocycles. The number of benzene rings is 1. The van der Waals surface area contributed by atoms with Crippen LogP contribution in [0, 0.1) is 5.92 Å². The molecular formula is C15H20F3NO3. The van der Waals surface area contributed by atoms with Crippen LogP contribution in [0.15, 0.2) is 24.3 Å². The van der Waals surface area contributed by atoms with Gasteiger partial charge in [-0.25, -0.2) is 0 Å². The second kappa shape index (κ2) is 7.69. The van der Waals surface area contributed by atoms with E-state index < -0.39 is 12.8 Å². The van der Waals surface area contributed by atoms with E-state index in [0.29, 0.717) is 24.8 Å². The second-order valence-electron chi connectivity index (χ2n) is 5.18. The summed E-state index contributed by atoms with van der Waals surface area (Å²) in [5.41, 5.74) is 0.521. The Kier molecular flexibility index (Phi) is 5.90. The number of alkyl halides is 3. The van der Waals surface area contributed by atoms with E-state index in [-0.39, 0.29) is 11.9 Å². The zero-order chi connectivity index (χ0) is 16.0. The Morgan fingerprint density at radius 3 is 2.77 bits per heavy atom. The molecule has 1 aliphatic rings. The van der Waals surface area contributed by atoms with Crippen LogP contribution in [0.3, 0.4) is 0 Å². The summed E-state index contributed by atoms with van der Waals surface area (Å²) in [4.78, 5) is 0. The number of hydrogen-bond acceptors (Lipinski definition) is 4. The SMILES string of the molecule is CO[C@H](CNc1ccccc1OCC(F)(F)F)[C@H]1CCOC1. The number of methoxy groups -OCH3 is 1. The zero-order valence-corrected chi connectivity index (χ0v) is 12.4. The molecule has 22 heavy (non-hydrogen) atoms. The average molecular weight is 319 g/mol. The van der Waals surface area contributed by atoms with Crippen LogP contribution in [-0.2, 0) is 9.47 Å². The Hall–Kier alpha value is -1.47. The van der Waals surface area contributed by atoms with Gasteiger partial charge in [-0.15, -0.1) is 0 Å². The second-order valence-corrected chi connectivity index (χ2v) is 5.18. The van der Waals surface area contributed by atoms with Crippen molar-refractivity contribution in [3.63, 3.8) is 0 Å². The minimum absolute atomic E-state index is 0.0572. The molecule has 0 amide bonds. The average Bonchev–Trinajstić information content (AvgIpc) is 3.00. The highest BCUT2D eigenvalue weighted by Gasteiger charge is 2.29. The van der Waals surface area contributed by atoms with Gasteiger partial charge in [0.15, 0.2) is 6.61 Å². The van der Waals surface area contributed by atoms with Gasteiger partial charge < -0.3 is 19.5 Å². The lowest BCUT2D eigenvalue weighted by molar-refractivity contribution is -0.153. The lowest BCUT2D eigenvalue weighted by Gasteiger charge is -2.22. The lowest BCUT2D eigenvalue weighted by Crippen LogP contribution is -2.31. The molecule has 1 aromatic rings. The van der Waals surface area contributed by atoms with Crippen molar-refractivity contribution in [2.75, 3.05) is 38.8 Å². The summed E-state index contributed by atoms with van der Waals surface area (Å²) in [5.74, 6) is 0.470. The van der Waals surface area contributed by atoms with Crippen LogP contribution in [0.1, 0.15) is 6.42 Å². The molecule has 0 unspecified atom stereocenters. The molecule has 1 aliphatic heterocycles. The van der Waals surface area contributed by atoms with E-state index in [1.165, 1.54) is 6.07 Å². The quantitative estimate of drug-likeness (QED) is 0.838. The first-order valence-electron chi connectivity index (χ1n) is 7.12. The summed E-state index contributed by atoms with van der Waals surface area (Å²) in [6.45, 7) is 0.537. The van der Waals surface area contributed by atoms with Gasteiger partial charge in [-0.05, 0) is 18.6 Å². The summed E-state index contributed by atoms with van der Waals surface area (Å²) < 4.78 is 52.4. The smallest absolute Gasteiger partial charge is 0.422 e. The lowest BCUT2D eigenvalue weighted by atomic mass is 10.0. The third-order valence-corrected chi connectivity index (χ3v) is 3.57. The van der Waals surface area contributed by atoms with E-state index in [2.05, 4.69) is 5.32 Å². The molecule has 7 heteroatoms. The van der Waals surface area contributed by atoms with Crippen LogP contribution in [0.25, 0.3) is 0 Å². The van der Waals surface area contributed by atoms with Crippen molar-refractivity contribution < 1.29 is 27.4 Å². The standard InChI is InChI=1S/C15H20F3NO3/c1-20-14(11-6-7-21-9-11)8-19-12-4-2-3-5-13(12)22-10-15(16,17)18/h2-5,11,14,19H,6-10H2,1H3/t11-,14+/m0/s1. The first-order chi connectivity index (χ1) is 10.5. The molecule has 0 aliphatic carbocycles. The van der Waals surface area contributed by atoms with Gasteiger partial charge in [0, 0.05) is 26.2 Å². The number of para-hydroxylation sites is 2. The van der Waals surface area contributed by atoms with Gasteiger partial charge in [0.25, 0.3) is 0 Å². The van der Waals surface area contributed by atoms with Crippen LogP contribution < -0.4 is 10.1 Å². The number of hydrogen-bond donors (Lipinski definition) is 1. The van der Waals surface area contributed by atoms with Gasteiger partial charge in [0.05, 0.1) is 18.4 Å². The summed E-state index contributed by atoms with van der Waals surface area (Å²) in [5, 5.41) is 3.10. The summed E-state index contributed by atoms with van der Waals surface area (Å²) in [6.07, 6.45) is -3.49. The zero-order valence-electron chi connectivity index (χ0n) is 12.4.